The van der Waals surface area contributed by atoms with E-state index in [2.05, 4.69) is 45.0 Å². The number of nitrogens with zero attached hydrogens (tertiary/aromatic N) is 1. The van der Waals surface area contributed by atoms with E-state index in [1.165, 1.54) is 11.1 Å². The fraction of sp³-hybridized carbons (Fsp3) is 0.562. The molecule has 0 aliphatic heterocycles. The number of nitrogens with two attached hydrogens (primary N) is 1. The fourth-order valence-corrected chi connectivity index (χ4v) is 2.06. The Bertz CT molecular complexity index is 415. The van der Waals surface area contributed by atoms with Gasteiger partial charge in [-0.25, -0.2) is 0 Å². The second kappa shape index (κ2) is 6.20. The molecule has 0 radical (unpaired) electrons. The molecule has 1 aromatic rings. The third-order valence-electron chi connectivity index (χ3n) is 3.38. The summed E-state index contributed by atoms with van der Waals surface area (Å²) in [6.45, 7) is 6.97. The maximum absolute atomic E-state index is 12.0. The Morgan fingerprint density at radius 2 is 1.74 bits per heavy atom. The molecule has 1 amide bonds. The summed E-state index contributed by atoms with van der Waals surface area (Å²) in [6, 6.07) is 8.49. The van der Waals surface area contributed by atoms with Crippen LogP contribution in [0.3, 0.4) is 0 Å². The standard InChI is InChI=1S/C16H26N2O/c1-16(2,3)14-8-6-12(7-9-14)10-13(11-17)15(19)18(4)5/h6-9,13H,10-11,17H2,1-5H3. The first kappa shape index (κ1) is 15.7. The van der Waals surface area contributed by atoms with E-state index in [1.54, 1.807) is 19.0 Å². The minimum atomic E-state index is -0.129. The average molecular weight is 262 g/mol. The predicted octanol–water partition coefficient (Wildman–Crippen LogP) is 2.19. The Morgan fingerprint density at radius 3 is 2.11 bits per heavy atom. The van der Waals surface area contributed by atoms with Crippen LogP contribution in [0.1, 0.15) is 31.9 Å². The summed E-state index contributed by atoms with van der Waals surface area (Å²) in [7, 11) is 3.54. The molecule has 0 aliphatic rings. The van der Waals surface area contributed by atoms with Gasteiger partial charge in [-0.1, -0.05) is 45.0 Å². The molecule has 3 heteroatoms. The van der Waals surface area contributed by atoms with Gasteiger partial charge in [0.15, 0.2) is 0 Å². The van der Waals surface area contributed by atoms with Crippen LogP contribution in [-0.4, -0.2) is 31.4 Å². The van der Waals surface area contributed by atoms with Crippen LogP contribution in [-0.2, 0) is 16.6 Å². The van der Waals surface area contributed by atoms with E-state index in [4.69, 9.17) is 5.73 Å². The highest BCUT2D eigenvalue weighted by Gasteiger charge is 2.19. The summed E-state index contributed by atoms with van der Waals surface area (Å²) in [5.41, 5.74) is 8.34. The lowest BCUT2D eigenvalue weighted by molar-refractivity contribution is -0.132. The predicted molar refractivity (Wildman–Crippen MR) is 80.1 cm³/mol. The van der Waals surface area contributed by atoms with Crippen molar-refractivity contribution in [1.29, 1.82) is 0 Å². The number of benzene rings is 1. The van der Waals surface area contributed by atoms with Gasteiger partial charge in [0, 0.05) is 20.6 Å². The molecule has 0 bridgehead atoms. The SMILES string of the molecule is CN(C)C(=O)C(CN)Cc1ccc(C(C)(C)C)cc1. The smallest absolute Gasteiger partial charge is 0.226 e. The van der Waals surface area contributed by atoms with Crippen molar-refractivity contribution < 1.29 is 4.79 Å². The first-order chi connectivity index (χ1) is 8.75. The van der Waals surface area contributed by atoms with Gasteiger partial charge in [0.25, 0.3) is 0 Å². The summed E-state index contributed by atoms with van der Waals surface area (Å²) in [6.07, 6.45) is 0.706. The van der Waals surface area contributed by atoms with Gasteiger partial charge in [-0.2, -0.15) is 0 Å². The third kappa shape index (κ3) is 4.35. The molecule has 0 aromatic heterocycles. The topological polar surface area (TPSA) is 46.3 Å². The van der Waals surface area contributed by atoms with Crippen molar-refractivity contribution in [2.45, 2.75) is 32.6 Å². The maximum atomic E-state index is 12.0. The first-order valence-corrected chi connectivity index (χ1v) is 6.76. The van der Waals surface area contributed by atoms with E-state index >= 15 is 0 Å². The molecule has 0 saturated heterocycles. The molecule has 3 nitrogen and oxygen atoms in total. The van der Waals surface area contributed by atoms with Crippen LogP contribution in [0, 0.1) is 5.92 Å². The Kier molecular flexibility index (Phi) is 5.12. The van der Waals surface area contributed by atoms with Crippen molar-refractivity contribution in [1.82, 2.24) is 4.90 Å². The van der Waals surface area contributed by atoms with Crippen molar-refractivity contribution >= 4 is 5.91 Å². The monoisotopic (exact) mass is 262 g/mol. The molecule has 19 heavy (non-hydrogen) atoms. The number of rotatable bonds is 4. The Morgan fingerprint density at radius 1 is 1.21 bits per heavy atom. The zero-order chi connectivity index (χ0) is 14.6. The molecule has 0 heterocycles. The lowest BCUT2D eigenvalue weighted by Gasteiger charge is -2.21. The first-order valence-electron chi connectivity index (χ1n) is 6.76. The minimum absolute atomic E-state index is 0.0994. The van der Waals surface area contributed by atoms with E-state index in [1.807, 2.05) is 0 Å². The fourth-order valence-electron chi connectivity index (χ4n) is 2.06. The van der Waals surface area contributed by atoms with Crippen molar-refractivity contribution in [3.05, 3.63) is 35.4 Å². The molecule has 2 N–H and O–H groups in total. The molecule has 1 atom stereocenters. The Hall–Kier alpha value is -1.35. The lowest BCUT2D eigenvalue weighted by atomic mass is 9.86. The highest BCUT2D eigenvalue weighted by molar-refractivity contribution is 5.78. The minimum Gasteiger partial charge on any atom is -0.349 e. The molecule has 1 unspecified atom stereocenters. The molecule has 1 rings (SSSR count). The summed E-state index contributed by atoms with van der Waals surface area (Å²) >= 11 is 0. The van der Waals surface area contributed by atoms with E-state index in [-0.39, 0.29) is 17.2 Å². The second-order valence-electron chi connectivity index (χ2n) is 6.32. The van der Waals surface area contributed by atoms with Gasteiger partial charge in [0.1, 0.15) is 0 Å². The molecular formula is C16H26N2O. The van der Waals surface area contributed by atoms with Crippen LogP contribution < -0.4 is 5.73 Å². The van der Waals surface area contributed by atoms with E-state index < -0.39 is 0 Å². The van der Waals surface area contributed by atoms with Crippen LogP contribution in [0.25, 0.3) is 0 Å². The van der Waals surface area contributed by atoms with Crippen LogP contribution in [0.2, 0.25) is 0 Å². The molecule has 1 aromatic carbocycles. The van der Waals surface area contributed by atoms with Crippen molar-refractivity contribution in [3.8, 4) is 0 Å². The maximum Gasteiger partial charge on any atom is 0.226 e. The third-order valence-corrected chi connectivity index (χ3v) is 3.38. The second-order valence-corrected chi connectivity index (χ2v) is 6.32. The largest absolute Gasteiger partial charge is 0.349 e. The van der Waals surface area contributed by atoms with Crippen LogP contribution in [0.15, 0.2) is 24.3 Å². The van der Waals surface area contributed by atoms with Gasteiger partial charge < -0.3 is 10.6 Å². The zero-order valence-electron chi connectivity index (χ0n) is 12.7. The van der Waals surface area contributed by atoms with Gasteiger partial charge in [-0.3, -0.25) is 4.79 Å². The quantitative estimate of drug-likeness (QED) is 0.904. The number of carbonyl (C=O) groups excluding carboxylic acids is 1. The number of amides is 1. The highest BCUT2D eigenvalue weighted by atomic mass is 16.2. The number of hydrogen-bond acceptors (Lipinski definition) is 2. The Labute approximate surface area is 116 Å². The molecule has 0 spiro atoms. The molecule has 106 valence electrons. The van der Waals surface area contributed by atoms with E-state index in [0.29, 0.717) is 13.0 Å². The molecule has 0 aliphatic carbocycles. The van der Waals surface area contributed by atoms with E-state index in [0.717, 1.165) is 0 Å². The van der Waals surface area contributed by atoms with Gasteiger partial charge >= 0.3 is 0 Å². The normalized spacial score (nSPS) is 13.2. The van der Waals surface area contributed by atoms with Crippen molar-refractivity contribution in [3.63, 3.8) is 0 Å². The summed E-state index contributed by atoms with van der Waals surface area (Å²) in [5, 5.41) is 0. The van der Waals surface area contributed by atoms with Gasteiger partial charge in [-0.15, -0.1) is 0 Å². The molecule has 0 fully saturated rings. The number of hydrogen-bond donors (Lipinski definition) is 1. The summed E-state index contributed by atoms with van der Waals surface area (Å²) in [5.74, 6) is -0.0297. The van der Waals surface area contributed by atoms with Gasteiger partial charge in [0.2, 0.25) is 5.91 Å². The van der Waals surface area contributed by atoms with Crippen LogP contribution in [0.5, 0.6) is 0 Å². The van der Waals surface area contributed by atoms with Crippen LogP contribution >= 0.6 is 0 Å². The van der Waals surface area contributed by atoms with Gasteiger partial charge in [-0.05, 0) is 23.0 Å². The van der Waals surface area contributed by atoms with Crippen molar-refractivity contribution in [2.75, 3.05) is 20.6 Å². The van der Waals surface area contributed by atoms with E-state index in [9.17, 15) is 4.79 Å². The molecular weight excluding hydrogens is 236 g/mol. The van der Waals surface area contributed by atoms with Crippen molar-refractivity contribution in [2.24, 2.45) is 11.7 Å². The van der Waals surface area contributed by atoms with Gasteiger partial charge in [0.05, 0.1) is 5.92 Å². The zero-order valence-corrected chi connectivity index (χ0v) is 12.7. The lowest BCUT2D eigenvalue weighted by Crippen LogP contribution is -2.35. The highest BCUT2D eigenvalue weighted by Crippen LogP contribution is 2.23. The molecule has 0 saturated carbocycles. The van der Waals surface area contributed by atoms with Crippen LogP contribution in [0.4, 0.5) is 0 Å². The Balaban J connectivity index is 2.79. The average Bonchev–Trinajstić information content (AvgIpc) is 2.34. The summed E-state index contributed by atoms with van der Waals surface area (Å²) < 4.78 is 0. The summed E-state index contributed by atoms with van der Waals surface area (Å²) in [4.78, 5) is 13.6. The number of carbonyl (C=O) groups is 1.